The summed E-state index contributed by atoms with van der Waals surface area (Å²) in [5.41, 5.74) is 2.54. The van der Waals surface area contributed by atoms with E-state index in [9.17, 15) is 4.79 Å². The van der Waals surface area contributed by atoms with Crippen LogP contribution in [-0.4, -0.2) is 33.0 Å². The quantitative estimate of drug-likeness (QED) is 0.429. The molecule has 0 atom stereocenters. The van der Waals surface area contributed by atoms with Gasteiger partial charge in [-0.3, -0.25) is 9.36 Å². The summed E-state index contributed by atoms with van der Waals surface area (Å²) in [4.78, 5) is 12.2. The van der Waals surface area contributed by atoms with Gasteiger partial charge in [0.1, 0.15) is 0 Å². The fraction of sp³-hybridized carbons (Fsp3) is 0.625. The number of aromatic nitrogens is 3. The van der Waals surface area contributed by atoms with Crippen LogP contribution >= 0.6 is 11.8 Å². The lowest BCUT2D eigenvalue weighted by molar-refractivity contribution is -0.118. The Hall–Kier alpha value is -1.82. The van der Waals surface area contributed by atoms with Gasteiger partial charge < -0.3 is 5.32 Å². The predicted molar refractivity (Wildman–Crippen MR) is 125 cm³/mol. The Kier molecular flexibility index (Phi) is 7.98. The lowest BCUT2D eigenvalue weighted by atomic mass is 9.86. The molecule has 1 fully saturated rings. The highest BCUT2D eigenvalue weighted by atomic mass is 32.2. The van der Waals surface area contributed by atoms with E-state index in [0.29, 0.717) is 11.8 Å². The molecule has 1 amide bonds. The van der Waals surface area contributed by atoms with E-state index in [1.165, 1.54) is 36.6 Å². The van der Waals surface area contributed by atoms with E-state index in [-0.39, 0.29) is 11.3 Å². The van der Waals surface area contributed by atoms with Crippen LogP contribution in [0, 0.1) is 0 Å². The zero-order valence-electron chi connectivity index (χ0n) is 18.9. The van der Waals surface area contributed by atoms with Crippen LogP contribution in [0.1, 0.15) is 84.2 Å². The van der Waals surface area contributed by atoms with Crippen molar-refractivity contribution in [3.8, 4) is 11.4 Å². The third-order valence-corrected chi connectivity index (χ3v) is 6.74. The molecule has 0 spiro atoms. The minimum atomic E-state index is 0.0720. The summed E-state index contributed by atoms with van der Waals surface area (Å²) < 4.78 is 2.30. The van der Waals surface area contributed by atoms with Crippen LogP contribution in [0.25, 0.3) is 11.4 Å². The molecule has 1 saturated carbocycles. The van der Waals surface area contributed by atoms with Crippen molar-refractivity contribution in [3.63, 3.8) is 0 Å². The Balaban J connectivity index is 1.82. The third-order valence-electron chi connectivity index (χ3n) is 5.80. The van der Waals surface area contributed by atoms with Crippen LogP contribution in [0.4, 0.5) is 0 Å². The number of hydrogen-bond donors (Lipinski definition) is 1. The molecular formula is C24H36N4OS. The molecule has 2 aromatic rings. The highest BCUT2D eigenvalue weighted by molar-refractivity contribution is 7.99. The van der Waals surface area contributed by atoms with Crippen molar-refractivity contribution in [1.82, 2.24) is 20.1 Å². The maximum absolute atomic E-state index is 12.2. The normalized spacial score (nSPS) is 15.3. The second-order valence-electron chi connectivity index (χ2n) is 9.29. The van der Waals surface area contributed by atoms with Crippen molar-refractivity contribution in [2.45, 2.75) is 89.3 Å². The molecule has 1 aromatic carbocycles. The van der Waals surface area contributed by atoms with Crippen molar-refractivity contribution >= 4 is 17.7 Å². The predicted octanol–water partition coefficient (Wildman–Crippen LogP) is 5.76. The van der Waals surface area contributed by atoms with Crippen LogP contribution in [-0.2, 0) is 10.2 Å². The van der Waals surface area contributed by atoms with Gasteiger partial charge in [0.05, 0.1) is 5.75 Å². The zero-order valence-corrected chi connectivity index (χ0v) is 19.7. The lowest BCUT2D eigenvalue weighted by Gasteiger charge is -2.26. The summed E-state index contributed by atoms with van der Waals surface area (Å²) >= 11 is 1.51. The van der Waals surface area contributed by atoms with E-state index in [4.69, 9.17) is 0 Å². The third kappa shape index (κ3) is 5.87. The molecule has 0 aliphatic heterocycles. The van der Waals surface area contributed by atoms with E-state index in [1.807, 2.05) is 0 Å². The van der Waals surface area contributed by atoms with Gasteiger partial charge in [-0.2, -0.15) is 0 Å². The van der Waals surface area contributed by atoms with E-state index in [1.54, 1.807) is 0 Å². The van der Waals surface area contributed by atoms with Gasteiger partial charge in [0.2, 0.25) is 5.91 Å². The summed E-state index contributed by atoms with van der Waals surface area (Å²) in [7, 11) is 0. The number of nitrogens with zero attached hydrogens (tertiary/aromatic N) is 3. The standard InChI is InChI=1S/C24H36N4OS/c1-5-6-16-25-21(29)17-30-23-27-26-22(28(23)20-10-8-7-9-11-20)18-12-14-19(15-13-18)24(2,3)4/h12-15,20H,5-11,16-17H2,1-4H3,(H,25,29). The van der Waals surface area contributed by atoms with Crippen molar-refractivity contribution in [1.29, 1.82) is 0 Å². The summed E-state index contributed by atoms with van der Waals surface area (Å²) in [6.07, 6.45) is 8.20. The molecule has 6 heteroatoms. The Morgan fingerprint density at radius 2 is 1.83 bits per heavy atom. The first-order valence-electron chi connectivity index (χ1n) is 11.4. The Morgan fingerprint density at radius 3 is 2.47 bits per heavy atom. The number of thioether (sulfide) groups is 1. The summed E-state index contributed by atoms with van der Waals surface area (Å²) in [5, 5.41) is 12.9. The molecule has 1 N–H and O–H groups in total. The first-order chi connectivity index (χ1) is 14.4. The molecule has 0 bridgehead atoms. The molecule has 164 valence electrons. The monoisotopic (exact) mass is 428 g/mol. The number of benzene rings is 1. The molecule has 1 aliphatic carbocycles. The number of hydrogen-bond acceptors (Lipinski definition) is 4. The molecule has 3 rings (SSSR count). The van der Waals surface area contributed by atoms with Gasteiger partial charge in [0.25, 0.3) is 0 Å². The molecule has 5 nitrogen and oxygen atoms in total. The number of nitrogens with one attached hydrogen (secondary N) is 1. The van der Waals surface area contributed by atoms with E-state index >= 15 is 0 Å². The van der Waals surface area contributed by atoms with E-state index in [2.05, 4.69) is 72.0 Å². The summed E-state index contributed by atoms with van der Waals surface area (Å²) in [6.45, 7) is 9.56. The number of amides is 1. The molecule has 1 aliphatic rings. The van der Waals surface area contributed by atoms with Crippen LogP contribution in [0.2, 0.25) is 0 Å². The van der Waals surface area contributed by atoms with Gasteiger partial charge in [-0.05, 0) is 30.2 Å². The van der Waals surface area contributed by atoms with Crippen molar-refractivity contribution < 1.29 is 4.79 Å². The molecule has 30 heavy (non-hydrogen) atoms. The average Bonchev–Trinajstić information content (AvgIpc) is 3.16. The maximum Gasteiger partial charge on any atom is 0.230 e. The van der Waals surface area contributed by atoms with Crippen LogP contribution in [0.15, 0.2) is 29.4 Å². The van der Waals surface area contributed by atoms with Crippen LogP contribution < -0.4 is 5.32 Å². The van der Waals surface area contributed by atoms with Gasteiger partial charge in [-0.1, -0.05) is 89.4 Å². The van der Waals surface area contributed by atoms with Gasteiger partial charge in [0, 0.05) is 18.2 Å². The Morgan fingerprint density at radius 1 is 1.13 bits per heavy atom. The first-order valence-corrected chi connectivity index (χ1v) is 12.3. The lowest BCUT2D eigenvalue weighted by Crippen LogP contribution is -2.26. The highest BCUT2D eigenvalue weighted by Gasteiger charge is 2.24. The summed E-state index contributed by atoms with van der Waals surface area (Å²) in [6, 6.07) is 9.13. The molecular weight excluding hydrogens is 392 g/mol. The second-order valence-corrected chi connectivity index (χ2v) is 10.2. The Bertz CT molecular complexity index is 817. The molecule has 0 radical (unpaired) electrons. The topological polar surface area (TPSA) is 59.8 Å². The van der Waals surface area contributed by atoms with Crippen LogP contribution in [0.3, 0.4) is 0 Å². The smallest absolute Gasteiger partial charge is 0.230 e. The van der Waals surface area contributed by atoms with E-state index < -0.39 is 0 Å². The van der Waals surface area contributed by atoms with Gasteiger partial charge in [-0.25, -0.2) is 0 Å². The Labute approximate surface area is 185 Å². The van der Waals surface area contributed by atoms with E-state index in [0.717, 1.165) is 48.8 Å². The zero-order chi connectivity index (χ0) is 21.6. The largest absolute Gasteiger partial charge is 0.355 e. The number of carbonyl (C=O) groups excluding carboxylic acids is 1. The van der Waals surface area contributed by atoms with Crippen LogP contribution in [0.5, 0.6) is 0 Å². The number of unbranched alkanes of at least 4 members (excludes halogenated alkanes) is 1. The van der Waals surface area contributed by atoms with Crippen molar-refractivity contribution in [2.24, 2.45) is 0 Å². The minimum Gasteiger partial charge on any atom is -0.355 e. The van der Waals surface area contributed by atoms with Crippen molar-refractivity contribution in [2.75, 3.05) is 12.3 Å². The molecule has 1 aromatic heterocycles. The van der Waals surface area contributed by atoms with Gasteiger partial charge in [0.15, 0.2) is 11.0 Å². The van der Waals surface area contributed by atoms with Gasteiger partial charge >= 0.3 is 0 Å². The summed E-state index contributed by atoms with van der Waals surface area (Å²) in [5.74, 6) is 1.39. The average molecular weight is 429 g/mol. The number of carbonyl (C=O) groups is 1. The first kappa shape index (κ1) is 22.9. The van der Waals surface area contributed by atoms with Gasteiger partial charge in [-0.15, -0.1) is 10.2 Å². The maximum atomic E-state index is 12.2. The fourth-order valence-electron chi connectivity index (χ4n) is 3.95. The molecule has 1 heterocycles. The minimum absolute atomic E-state index is 0.0720. The molecule has 0 unspecified atom stereocenters. The molecule has 0 saturated heterocycles. The highest BCUT2D eigenvalue weighted by Crippen LogP contribution is 2.36. The van der Waals surface area contributed by atoms with Crippen molar-refractivity contribution in [3.05, 3.63) is 29.8 Å². The number of rotatable bonds is 8. The SMILES string of the molecule is CCCCNC(=O)CSc1nnc(-c2ccc(C(C)(C)C)cc2)n1C1CCCCC1. The fourth-order valence-corrected chi connectivity index (χ4v) is 4.78. The second kappa shape index (κ2) is 10.5.